The van der Waals surface area contributed by atoms with Gasteiger partial charge in [0.05, 0.1) is 0 Å². The van der Waals surface area contributed by atoms with Crippen LogP contribution in [0.1, 0.15) is 68.5 Å². The molecule has 3 aliphatic rings. The van der Waals surface area contributed by atoms with Crippen molar-refractivity contribution in [1.82, 2.24) is 0 Å². The third kappa shape index (κ3) is 6.05. The molecule has 47 heavy (non-hydrogen) atoms. The van der Waals surface area contributed by atoms with Gasteiger partial charge >= 0.3 is 264 Å². The second-order valence-electron chi connectivity index (χ2n) is 12.5. The van der Waals surface area contributed by atoms with Gasteiger partial charge in [0.2, 0.25) is 0 Å². The Kier molecular flexibility index (Phi) is 9.78. The molecule has 4 aromatic carbocycles. The van der Waals surface area contributed by atoms with Crippen molar-refractivity contribution in [2.24, 2.45) is 0 Å². The van der Waals surface area contributed by atoms with Gasteiger partial charge in [-0.25, -0.2) is 0 Å². The van der Waals surface area contributed by atoms with Gasteiger partial charge in [0.1, 0.15) is 0 Å². The van der Waals surface area contributed by atoms with E-state index >= 15 is 0 Å². The quantitative estimate of drug-likeness (QED) is 0.158. The minimum absolute atomic E-state index is 0. The number of fused-ring (bicyclic) bond motifs is 2. The van der Waals surface area contributed by atoms with E-state index in [1.807, 2.05) is 24.3 Å². The molecule has 2 aliphatic carbocycles. The van der Waals surface area contributed by atoms with Gasteiger partial charge in [0.15, 0.2) is 0 Å². The standard InChI is InChI=1S/2C18H14F3.C2H4.2ClH.Ti/c2*1-2-12-10-14-4-3-5-16(17(14)11-12)13-6-8-15(9-7-13)18(19,20)21;1-2;;;/h2*3-11H,2H2,1H3;1-2H2;2*1H;/q;;;;;+2/p-2. The Bertz CT molecular complexity index is 1720. The predicted octanol–water partition coefficient (Wildman–Crippen LogP) is 6.47. The van der Waals surface area contributed by atoms with Crippen molar-refractivity contribution < 1.29 is 67.7 Å². The van der Waals surface area contributed by atoms with Gasteiger partial charge in [-0.05, 0) is 0 Å². The van der Waals surface area contributed by atoms with Crippen LogP contribution in [-0.2, 0) is 28.9 Å². The Morgan fingerprint density at radius 2 is 0.915 bits per heavy atom. The Balaban J connectivity index is 0.00000217. The Morgan fingerprint density at radius 1 is 0.553 bits per heavy atom. The summed E-state index contributed by atoms with van der Waals surface area (Å²) in [7, 11) is 0. The van der Waals surface area contributed by atoms with E-state index < -0.39 is 40.1 Å². The third-order valence-electron chi connectivity index (χ3n) is 10.1. The number of halogens is 8. The maximum Gasteiger partial charge on any atom is -1.00 e. The molecule has 0 nitrogen and oxygen atoms in total. The average Bonchev–Trinajstić information content (AvgIpc) is 3.55. The Hall–Kier alpha value is -2.77. The molecule has 1 saturated heterocycles. The van der Waals surface area contributed by atoms with Gasteiger partial charge in [-0.3, -0.25) is 0 Å². The second-order valence-corrected chi connectivity index (χ2v) is 19.7. The summed E-state index contributed by atoms with van der Waals surface area (Å²) < 4.78 is 82.8. The molecule has 9 heteroatoms. The van der Waals surface area contributed by atoms with Gasteiger partial charge in [-0.2, -0.15) is 0 Å². The van der Waals surface area contributed by atoms with Crippen molar-refractivity contribution in [3.05, 3.63) is 129 Å². The summed E-state index contributed by atoms with van der Waals surface area (Å²) in [5, 5.41) is 0. The smallest absolute Gasteiger partial charge is 1.00 e. The van der Waals surface area contributed by atoms with E-state index in [0.717, 1.165) is 70.5 Å². The van der Waals surface area contributed by atoms with Crippen molar-refractivity contribution in [1.29, 1.82) is 0 Å². The summed E-state index contributed by atoms with van der Waals surface area (Å²) in [6, 6.07) is 23.5. The van der Waals surface area contributed by atoms with Gasteiger partial charge in [0, 0.05) is 0 Å². The van der Waals surface area contributed by atoms with Crippen molar-refractivity contribution >= 4 is 12.2 Å². The molecule has 0 radical (unpaired) electrons. The molecule has 2 atom stereocenters. The largest absolute Gasteiger partial charge is 1.00 e. The molecular formula is C38H32Cl2F6Ti. The fraction of sp³-hybridized carbons (Fsp3) is 0.263. The number of allylic oxidation sites excluding steroid dienone is 2. The first-order valence-corrected chi connectivity index (χ1v) is 19.5. The van der Waals surface area contributed by atoms with Crippen LogP contribution in [0.5, 0.6) is 0 Å². The second kappa shape index (κ2) is 12.9. The summed E-state index contributed by atoms with van der Waals surface area (Å²) in [6.45, 7) is 4.39. The zero-order chi connectivity index (χ0) is 31.7. The topological polar surface area (TPSA) is 0 Å². The minimum atomic E-state index is -4.38. The number of hydrogen-bond donors (Lipinski definition) is 0. The SMILES string of the molecule is CCC1=Cc2c(-c3ccc(C(F)(F)F)cc3)cccc2[CH]1[Ti+2]1([CH]2C(CC)=Cc3c(-c4ccc(C(F)(F)F)cc4)cccc32)[CH2][CH2]1.[Cl-].[Cl-]. The maximum atomic E-state index is 13.3. The van der Waals surface area contributed by atoms with E-state index in [1.165, 1.54) is 31.7 Å². The van der Waals surface area contributed by atoms with E-state index in [0.29, 0.717) is 8.45 Å². The van der Waals surface area contributed by atoms with Crippen LogP contribution in [0.2, 0.25) is 9.45 Å². The van der Waals surface area contributed by atoms with Crippen LogP contribution in [0.3, 0.4) is 0 Å². The zero-order valence-corrected chi connectivity index (χ0v) is 28.8. The van der Waals surface area contributed by atoms with E-state index in [2.05, 4.69) is 38.1 Å². The van der Waals surface area contributed by atoms with E-state index in [9.17, 15) is 26.3 Å². The number of rotatable bonds is 6. The summed E-state index contributed by atoms with van der Waals surface area (Å²) in [4.78, 5) is 0. The summed E-state index contributed by atoms with van der Waals surface area (Å²) in [5.74, 6) is 0. The summed E-state index contributed by atoms with van der Waals surface area (Å²) >= 11 is -2.69. The Labute approximate surface area is 287 Å². The molecule has 0 spiro atoms. The van der Waals surface area contributed by atoms with Gasteiger partial charge in [0.25, 0.3) is 0 Å². The molecule has 0 aromatic heterocycles. The predicted molar refractivity (Wildman–Crippen MR) is 165 cm³/mol. The average molecular weight is 721 g/mol. The van der Waals surface area contributed by atoms with Gasteiger partial charge in [-0.15, -0.1) is 0 Å². The molecule has 1 aliphatic heterocycles. The van der Waals surface area contributed by atoms with Crippen molar-refractivity contribution in [3.8, 4) is 22.3 Å². The number of benzene rings is 4. The Morgan fingerprint density at radius 3 is 1.21 bits per heavy atom. The number of hydrogen-bond acceptors (Lipinski definition) is 0. The maximum absolute atomic E-state index is 13.3. The molecular weight excluding hydrogens is 689 g/mol. The van der Waals surface area contributed by atoms with Crippen LogP contribution in [0, 0.1) is 0 Å². The van der Waals surface area contributed by atoms with Crippen molar-refractivity contribution in [3.63, 3.8) is 0 Å². The fourth-order valence-corrected chi connectivity index (χ4v) is 18.5. The molecule has 0 saturated carbocycles. The molecule has 0 N–H and O–H groups in total. The van der Waals surface area contributed by atoms with Crippen molar-refractivity contribution in [2.45, 2.75) is 56.9 Å². The molecule has 244 valence electrons. The minimum Gasteiger partial charge on any atom is -1.00 e. The normalized spacial score (nSPS) is 18.5. The van der Waals surface area contributed by atoms with E-state index in [1.54, 1.807) is 24.3 Å². The van der Waals surface area contributed by atoms with Crippen LogP contribution < -0.4 is 24.8 Å². The van der Waals surface area contributed by atoms with Crippen LogP contribution in [0.25, 0.3) is 34.4 Å². The fourth-order valence-electron chi connectivity index (χ4n) is 7.97. The van der Waals surface area contributed by atoms with Gasteiger partial charge < -0.3 is 24.8 Å². The monoisotopic (exact) mass is 720 g/mol. The van der Waals surface area contributed by atoms with Crippen LogP contribution in [0.15, 0.2) is 96.1 Å². The molecule has 2 unspecified atom stereocenters. The van der Waals surface area contributed by atoms with Crippen molar-refractivity contribution in [2.75, 3.05) is 0 Å². The molecule has 4 aromatic rings. The first-order chi connectivity index (χ1) is 21.5. The molecule has 0 amide bonds. The van der Waals surface area contributed by atoms with E-state index in [-0.39, 0.29) is 24.8 Å². The molecule has 7 rings (SSSR count). The molecule has 1 fully saturated rings. The van der Waals surface area contributed by atoms with E-state index in [4.69, 9.17) is 0 Å². The summed E-state index contributed by atoms with van der Waals surface area (Å²) in [5.41, 5.74) is 9.93. The zero-order valence-electron chi connectivity index (χ0n) is 25.7. The van der Waals surface area contributed by atoms with Crippen LogP contribution >= 0.6 is 0 Å². The third-order valence-corrected chi connectivity index (χ3v) is 18.4. The summed E-state index contributed by atoms with van der Waals surface area (Å²) in [6.07, 6.45) is -2.32. The molecule has 1 heterocycles. The number of alkyl halides is 6. The first-order valence-electron chi connectivity index (χ1n) is 15.5. The molecule has 0 bridgehead atoms. The van der Waals surface area contributed by atoms with Crippen LogP contribution in [-0.4, -0.2) is 0 Å². The van der Waals surface area contributed by atoms with Crippen LogP contribution in [0.4, 0.5) is 26.3 Å². The first kappa shape index (κ1) is 35.5. The van der Waals surface area contributed by atoms with Gasteiger partial charge in [-0.1, -0.05) is 0 Å².